The topological polar surface area (TPSA) is 24.1 Å². The number of nitrogens with one attached hydrogen (secondary N) is 2. The van der Waals surface area contributed by atoms with Crippen molar-refractivity contribution >= 4 is 44.3 Å². The molecule has 2 heteroatoms. The average molecular weight is 557 g/mol. The molecule has 0 amide bonds. The zero-order valence-corrected chi connectivity index (χ0v) is 25.7. The van der Waals surface area contributed by atoms with Crippen molar-refractivity contribution in [1.29, 1.82) is 0 Å². The van der Waals surface area contributed by atoms with Gasteiger partial charge in [0.25, 0.3) is 0 Å². The lowest BCUT2D eigenvalue weighted by Crippen LogP contribution is -1.99. The summed E-state index contributed by atoms with van der Waals surface area (Å²) in [6.07, 6.45) is 15.5. The van der Waals surface area contributed by atoms with Crippen molar-refractivity contribution < 1.29 is 0 Å². The van der Waals surface area contributed by atoms with Crippen LogP contribution in [0, 0.1) is 0 Å². The third-order valence-electron chi connectivity index (χ3n) is 8.52. The molecule has 0 aromatic heterocycles. The van der Waals surface area contributed by atoms with Crippen LogP contribution < -0.4 is 10.6 Å². The van der Waals surface area contributed by atoms with E-state index in [1.165, 1.54) is 96.9 Å². The minimum absolute atomic E-state index is 1.13. The standard InChI is InChI=1S/C40H48N2/c1-3-5-7-9-11-17-31-23-27-33(28-24-31)41-39-35-19-13-15-21-37(35)40(38-22-16-14-20-36(38)39)42-34-29-25-32(26-30-34)18-12-10-8-6-4-2/h13-16,19-30,41-42H,3-12,17-18H2,1-2H3. The van der Waals surface area contributed by atoms with Crippen molar-refractivity contribution in [2.24, 2.45) is 0 Å². The first-order valence-corrected chi connectivity index (χ1v) is 16.4. The SMILES string of the molecule is CCCCCCCc1ccc(Nc2c3ccccc3c(Nc3ccc(CCCCCCC)cc3)c3ccccc23)cc1. The number of anilines is 4. The van der Waals surface area contributed by atoms with Crippen molar-refractivity contribution in [3.05, 3.63) is 108 Å². The highest BCUT2D eigenvalue weighted by Crippen LogP contribution is 2.42. The first kappa shape index (κ1) is 29.7. The Morgan fingerprint density at radius 2 is 0.714 bits per heavy atom. The van der Waals surface area contributed by atoms with Crippen LogP contribution in [-0.4, -0.2) is 0 Å². The van der Waals surface area contributed by atoms with Gasteiger partial charge in [-0.3, -0.25) is 0 Å². The van der Waals surface area contributed by atoms with Gasteiger partial charge < -0.3 is 10.6 Å². The lowest BCUT2D eigenvalue weighted by molar-refractivity contribution is 0.632. The van der Waals surface area contributed by atoms with Gasteiger partial charge in [0.15, 0.2) is 0 Å². The van der Waals surface area contributed by atoms with Crippen LogP contribution in [0.2, 0.25) is 0 Å². The Balaban J connectivity index is 1.36. The van der Waals surface area contributed by atoms with Gasteiger partial charge in [-0.2, -0.15) is 0 Å². The van der Waals surface area contributed by atoms with Gasteiger partial charge in [0.2, 0.25) is 0 Å². The molecule has 0 saturated carbocycles. The van der Waals surface area contributed by atoms with E-state index in [0.717, 1.165) is 35.6 Å². The van der Waals surface area contributed by atoms with Gasteiger partial charge in [-0.1, -0.05) is 138 Å². The number of unbranched alkanes of at least 4 members (excludes halogenated alkanes) is 8. The molecule has 5 rings (SSSR count). The molecule has 0 radical (unpaired) electrons. The minimum atomic E-state index is 1.13. The molecule has 0 heterocycles. The number of hydrogen-bond acceptors (Lipinski definition) is 2. The third kappa shape index (κ3) is 7.73. The van der Waals surface area contributed by atoms with E-state index < -0.39 is 0 Å². The number of fused-ring (bicyclic) bond motifs is 2. The average Bonchev–Trinajstić information content (AvgIpc) is 3.04. The Morgan fingerprint density at radius 3 is 1.05 bits per heavy atom. The van der Waals surface area contributed by atoms with Crippen molar-refractivity contribution in [1.82, 2.24) is 0 Å². The summed E-state index contributed by atoms with van der Waals surface area (Å²) in [7, 11) is 0. The van der Waals surface area contributed by atoms with Gasteiger partial charge in [0, 0.05) is 32.9 Å². The maximum atomic E-state index is 3.80. The predicted molar refractivity (Wildman–Crippen MR) is 186 cm³/mol. The molecule has 2 N–H and O–H groups in total. The minimum Gasteiger partial charge on any atom is -0.355 e. The van der Waals surface area contributed by atoms with E-state index in [0.29, 0.717) is 0 Å². The molecule has 5 aromatic carbocycles. The van der Waals surface area contributed by atoms with Crippen molar-refractivity contribution in [3.8, 4) is 0 Å². The van der Waals surface area contributed by atoms with E-state index in [2.05, 4.69) is 122 Å². The van der Waals surface area contributed by atoms with E-state index in [4.69, 9.17) is 0 Å². The van der Waals surface area contributed by atoms with Gasteiger partial charge >= 0.3 is 0 Å². The van der Waals surface area contributed by atoms with E-state index in [1.807, 2.05) is 0 Å². The maximum Gasteiger partial charge on any atom is 0.0545 e. The Labute approximate surface area is 253 Å². The van der Waals surface area contributed by atoms with Crippen LogP contribution in [0.5, 0.6) is 0 Å². The molecule has 0 aliphatic rings. The van der Waals surface area contributed by atoms with Crippen LogP contribution in [-0.2, 0) is 12.8 Å². The van der Waals surface area contributed by atoms with Gasteiger partial charge in [0.1, 0.15) is 0 Å². The Hall–Kier alpha value is -3.78. The molecule has 0 fully saturated rings. The normalized spacial score (nSPS) is 11.3. The van der Waals surface area contributed by atoms with E-state index >= 15 is 0 Å². The highest BCUT2D eigenvalue weighted by Gasteiger charge is 2.14. The van der Waals surface area contributed by atoms with Gasteiger partial charge in [-0.05, 0) is 61.1 Å². The lowest BCUT2D eigenvalue weighted by atomic mass is 9.97. The summed E-state index contributed by atoms with van der Waals surface area (Å²) in [5, 5.41) is 12.5. The molecule has 218 valence electrons. The summed E-state index contributed by atoms with van der Waals surface area (Å²) in [5.74, 6) is 0. The van der Waals surface area contributed by atoms with Crippen LogP contribution in [0.4, 0.5) is 22.7 Å². The highest BCUT2D eigenvalue weighted by atomic mass is 14.9. The summed E-state index contributed by atoms with van der Waals surface area (Å²) in [4.78, 5) is 0. The summed E-state index contributed by atoms with van der Waals surface area (Å²) in [6.45, 7) is 4.55. The zero-order chi connectivity index (χ0) is 29.0. The molecular weight excluding hydrogens is 508 g/mol. The summed E-state index contributed by atoms with van der Waals surface area (Å²) < 4.78 is 0. The molecule has 0 bridgehead atoms. The smallest absolute Gasteiger partial charge is 0.0545 e. The van der Waals surface area contributed by atoms with Crippen molar-refractivity contribution in [2.75, 3.05) is 10.6 Å². The molecular formula is C40H48N2. The van der Waals surface area contributed by atoms with Crippen LogP contribution in [0.15, 0.2) is 97.1 Å². The summed E-state index contributed by atoms with van der Waals surface area (Å²) >= 11 is 0. The number of hydrogen-bond donors (Lipinski definition) is 2. The first-order valence-electron chi connectivity index (χ1n) is 16.4. The first-order chi connectivity index (χ1) is 20.8. The molecule has 0 spiro atoms. The fourth-order valence-corrected chi connectivity index (χ4v) is 6.06. The van der Waals surface area contributed by atoms with E-state index in [1.54, 1.807) is 0 Å². The van der Waals surface area contributed by atoms with E-state index in [9.17, 15) is 0 Å². The molecule has 5 aromatic rings. The Bertz CT molecular complexity index is 1360. The quantitative estimate of drug-likeness (QED) is 0.0717. The molecule has 0 unspecified atom stereocenters. The Morgan fingerprint density at radius 1 is 0.381 bits per heavy atom. The van der Waals surface area contributed by atoms with Crippen LogP contribution in [0.25, 0.3) is 21.5 Å². The molecule has 42 heavy (non-hydrogen) atoms. The predicted octanol–water partition coefficient (Wildman–Crippen LogP) is 12.5. The second-order valence-corrected chi connectivity index (χ2v) is 11.8. The fourth-order valence-electron chi connectivity index (χ4n) is 6.06. The number of rotatable bonds is 16. The van der Waals surface area contributed by atoms with Gasteiger partial charge in [-0.15, -0.1) is 0 Å². The monoisotopic (exact) mass is 556 g/mol. The molecule has 0 saturated heterocycles. The highest BCUT2D eigenvalue weighted by molar-refractivity contribution is 6.20. The maximum absolute atomic E-state index is 3.80. The largest absolute Gasteiger partial charge is 0.355 e. The second kappa shape index (κ2) is 15.4. The van der Waals surface area contributed by atoms with Crippen LogP contribution >= 0.6 is 0 Å². The zero-order valence-electron chi connectivity index (χ0n) is 25.7. The third-order valence-corrected chi connectivity index (χ3v) is 8.52. The molecule has 0 aliphatic heterocycles. The number of benzene rings is 5. The molecule has 2 nitrogen and oxygen atoms in total. The van der Waals surface area contributed by atoms with Crippen molar-refractivity contribution in [2.45, 2.75) is 90.9 Å². The molecule has 0 aliphatic carbocycles. The lowest BCUT2D eigenvalue weighted by Gasteiger charge is -2.19. The van der Waals surface area contributed by atoms with Crippen LogP contribution in [0.3, 0.4) is 0 Å². The van der Waals surface area contributed by atoms with Gasteiger partial charge in [0.05, 0.1) is 11.4 Å². The van der Waals surface area contributed by atoms with E-state index in [-0.39, 0.29) is 0 Å². The summed E-state index contributed by atoms with van der Waals surface area (Å²) in [6, 6.07) is 35.6. The Kier molecular flexibility index (Phi) is 10.9. The summed E-state index contributed by atoms with van der Waals surface area (Å²) in [5.41, 5.74) is 7.44. The molecule has 0 atom stereocenters. The van der Waals surface area contributed by atoms with Crippen LogP contribution in [0.1, 0.15) is 89.2 Å². The fraction of sp³-hybridized carbons (Fsp3) is 0.350. The number of aryl methyl sites for hydroxylation is 2. The van der Waals surface area contributed by atoms with Crippen molar-refractivity contribution in [3.63, 3.8) is 0 Å². The van der Waals surface area contributed by atoms with Gasteiger partial charge in [-0.25, -0.2) is 0 Å². The second-order valence-electron chi connectivity index (χ2n) is 11.8.